The summed E-state index contributed by atoms with van der Waals surface area (Å²) in [5, 5.41) is 33.6. The molecule has 0 atom stereocenters. The van der Waals surface area contributed by atoms with Crippen LogP contribution in [-0.2, 0) is 7.05 Å². The van der Waals surface area contributed by atoms with Crippen molar-refractivity contribution in [3.63, 3.8) is 0 Å². The van der Waals surface area contributed by atoms with Crippen LogP contribution in [0, 0.1) is 6.92 Å². The van der Waals surface area contributed by atoms with Gasteiger partial charge < -0.3 is 4.42 Å². The molecule has 188 valence electrons. The van der Waals surface area contributed by atoms with Crippen LogP contribution in [0.2, 0.25) is 0 Å². The second kappa shape index (κ2) is 14.5. The minimum absolute atomic E-state index is 0.339. The summed E-state index contributed by atoms with van der Waals surface area (Å²) < 4.78 is 8.62. The van der Waals surface area contributed by atoms with Crippen molar-refractivity contribution in [1.29, 1.82) is 0 Å². The predicted octanol–water partition coefficient (Wildman–Crippen LogP) is 2.95. The maximum absolute atomic E-state index is 5.12. The van der Waals surface area contributed by atoms with Crippen LogP contribution in [0.15, 0.2) is 23.4 Å². The molecule has 4 rings (SSSR count). The number of rotatable bonds is 4. The molecule has 0 aromatic carbocycles. The van der Waals surface area contributed by atoms with Crippen molar-refractivity contribution in [2.45, 2.75) is 86.2 Å². The Bertz CT molecular complexity index is 919. The fourth-order valence-corrected chi connectivity index (χ4v) is 1.96. The molecule has 14 heteroatoms. The Kier molecular flexibility index (Phi) is 12.2. The molecule has 0 spiro atoms. The topological polar surface area (TPSA) is 157 Å². The molecule has 0 radical (unpaired) electrons. The van der Waals surface area contributed by atoms with E-state index >= 15 is 0 Å². The van der Waals surface area contributed by atoms with Crippen LogP contribution in [-0.4, -0.2) is 65.4 Å². The van der Waals surface area contributed by atoms with Crippen molar-refractivity contribution < 1.29 is 4.42 Å². The van der Waals surface area contributed by atoms with Gasteiger partial charge in [0.1, 0.15) is 19.0 Å². The summed E-state index contributed by atoms with van der Waals surface area (Å²) in [5.41, 5.74) is 0. The second-order valence-electron chi connectivity index (χ2n) is 8.46. The van der Waals surface area contributed by atoms with Gasteiger partial charge in [0, 0.05) is 30.8 Å². The fraction of sp³-hybridized carbons (Fsp3) is 0.700. The Morgan fingerprint density at radius 1 is 0.794 bits per heavy atom. The second-order valence-corrected chi connectivity index (χ2v) is 8.46. The van der Waals surface area contributed by atoms with E-state index in [1.165, 1.54) is 4.80 Å². The number of hydrogen-bond acceptors (Lipinski definition) is 11. The maximum Gasteiger partial charge on any atom is 0.219 e. The molecule has 0 saturated carbocycles. The normalized spacial score (nSPS) is 10.5. The first-order valence-electron chi connectivity index (χ1n) is 11.1. The van der Waals surface area contributed by atoms with Crippen molar-refractivity contribution in [3.05, 3.63) is 36.6 Å². The van der Waals surface area contributed by atoms with Gasteiger partial charge >= 0.3 is 0 Å². The standard InChI is InChI=1S/C6H10N2O.C5H10N4.C5H9N3.C4H8N4/c1-4(2)6-8-7-5(3)9-6;1-4(2)5-6-8-9(3)7-5;1-5(2)8-4-6-3-7-8;1-4(2)8-3-5-6-7-8/h2*4H,1-3H3;3-5H,1-2H3;3-4H,1-2H3. The third kappa shape index (κ3) is 10.8. The minimum Gasteiger partial charge on any atom is -0.425 e. The zero-order valence-electron chi connectivity index (χ0n) is 21.8. The molecule has 0 saturated heterocycles. The van der Waals surface area contributed by atoms with E-state index in [9.17, 15) is 0 Å². The molecular weight excluding hydrogens is 438 g/mol. The molecule has 0 amide bonds. The van der Waals surface area contributed by atoms with Gasteiger partial charge in [-0.15, -0.1) is 25.5 Å². The number of hydrogen-bond donors (Lipinski definition) is 0. The Hall–Kier alpha value is -3.58. The van der Waals surface area contributed by atoms with E-state index in [0.29, 0.717) is 35.7 Å². The highest BCUT2D eigenvalue weighted by Crippen LogP contribution is 2.10. The van der Waals surface area contributed by atoms with Crippen LogP contribution in [0.25, 0.3) is 0 Å². The maximum atomic E-state index is 5.12. The van der Waals surface area contributed by atoms with E-state index in [1.807, 2.05) is 41.5 Å². The third-order valence-corrected chi connectivity index (χ3v) is 3.94. The summed E-state index contributed by atoms with van der Waals surface area (Å²) >= 11 is 0. The lowest BCUT2D eigenvalue weighted by Crippen LogP contribution is -2.00. The monoisotopic (exact) mass is 475 g/mol. The van der Waals surface area contributed by atoms with Crippen molar-refractivity contribution in [2.24, 2.45) is 7.05 Å². The van der Waals surface area contributed by atoms with Crippen LogP contribution >= 0.6 is 0 Å². The predicted molar refractivity (Wildman–Crippen MR) is 125 cm³/mol. The quantitative estimate of drug-likeness (QED) is 0.427. The van der Waals surface area contributed by atoms with Gasteiger partial charge in [-0.3, -0.25) is 4.68 Å². The summed E-state index contributed by atoms with van der Waals surface area (Å²) in [7, 11) is 1.76. The highest BCUT2D eigenvalue weighted by molar-refractivity contribution is 4.85. The Morgan fingerprint density at radius 3 is 1.71 bits per heavy atom. The summed E-state index contributed by atoms with van der Waals surface area (Å²) in [6, 6.07) is 0.794. The molecule has 0 aliphatic carbocycles. The van der Waals surface area contributed by atoms with Gasteiger partial charge in [-0.25, -0.2) is 9.67 Å². The van der Waals surface area contributed by atoms with Crippen LogP contribution in [0.4, 0.5) is 0 Å². The average Bonchev–Trinajstić information content (AvgIpc) is 3.55. The summed E-state index contributed by atoms with van der Waals surface area (Å²) in [5.74, 6) is 2.87. The highest BCUT2D eigenvalue weighted by atomic mass is 16.4. The van der Waals surface area contributed by atoms with Crippen LogP contribution in [0.5, 0.6) is 0 Å². The molecule has 4 aromatic rings. The van der Waals surface area contributed by atoms with Crippen LogP contribution < -0.4 is 0 Å². The van der Waals surface area contributed by atoms with Gasteiger partial charge in [-0.1, -0.05) is 27.7 Å². The fourth-order valence-electron chi connectivity index (χ4n) is 1.96. The molecule has 0 aliphatic rings. The van der Waals surface area contributed by atoms with Gasteiger partial charge in [0.15, 0.2) is 5.82 Å². The Morgan fingerprint density at radius 2 is 1.47 bits per heavy atom. The summed E-state index contributed by atoms with van der Waals surface area (Å²) in [4.78, 5) is 5.26. The van der Waals surface area contributed by atoms with E-state index in [4.69, 9.17) is 4.42 Å². The van der Waals surface area contributed by atoms with Gasteiger partial charge in [0.2, 0.25) is 11.8 Å². The zero-order chi connectivity index (χ0) is 25.7. The van der Waals surface area contributed by atoms with E-state index < -0.39 is 0 Å². The third-order valence-electron chi connectivity index (χ3n) is 3.94. The minimum atomic E-state index is 0.339. The first-order valence-corrected chi connectivity index (χ1v) is 11.1. The van der Waals surface area contributed by atoms with E-state index in [1.54, 1.807) is 42.3 Å². The average molecular weight is 476 g/mol. The number of aryl methyl sites for hydroxylation is 2. The smallest absolute Gasteiger partial charge is 0.219 e. The molecule has 0 bridgehead atoms. The lowest BCUT2D eigenvalue weighted by molar-refractivity contribution is 0.448. The Balaban J connectivity index is 0.000000227. The first-order chi connectivity index (χ1) is 16.0. The number of aromatic nitrogens is 13. The molecule has 4 heterocycles. The molecule has 0 unspecified atom stereocenters. The van der Waals surface area contributed by atoms with Crippen LogP contribution in [0.1, 0.15) is 96.9 Å². The van der Waals surface area contributed by atoms with Gasteiger partial charge in [0.25, 0.3) is 0 Å². The van der Waals surface area contributed by atoms with E-state index in [2.05, 4.69) is 65.1 Å². The van der Waals surface area contributed by atoms with E-state index in [0.717, 1.165) is 5.82 Å². The lowest BCUT2D eigenvalue weighted by atomic mass is 10.2. The SMILES string of the molecule is CC(C)c1nnn(C)n1.CC(C)n1cncn1.CC(C)n1cnnn1.Cc1nnc(C(C)C)o1. The molecule has 0 fully saturated rings. The lowest BCUT2D eigenvalue weighted by Gasteiger charge is -2.00. The number of tetrazole rings is 2. The first kappa shape index (κ1) is 28.5. The van der Waals surface area contributed by atoms with E-state index in [-0.39, 0.29) is 0 Å². The molecule has 4 aromatic heterocycles. The zero-order valence-corrected chi connectivity index (χ0v) is 21.8. The van der Waals surface area contributed by atoms with Crippen LogP contribution in [0.3, 0.4) is 0 Å². The molecule has 34 heavy (non-hydrogen) atoms. The van der Waals surface area contributed by atoms with Crippen molar-refractivity contribution in [1.82, 2.24) is 65.4 Å². The number of nitrogens with zero attached hydrogens (tertiary/aromatic N) is 13. The molecular formula is C20H37N13O. The Labute approximate surface area is 200 Å². The largest absolute Gasteiger partial charge is 0.425 e. The van der Waals surface area contributed by atoms with Gasteiger partial charge in [-0.05, 0) is 43.3 Å². The van der Waals surface area contributed by atoms with Crippen molar-refractivity contribution >= 4 is 0 Å². The summed E-state index contributed by atoms with van der Waals surface area (Å²) in [6.07, 6.45) is 4.86. The van der Waals surface area contributed by atoms with Crippen molar-refractivity contribution in [2.75, 3.05) is 0 Å². The summed E-state index contributed by atoms with van der Waals surface area (Å²) in [6.45, 7) is 18.1. The van der Waals surface area contributed by atoms with Gasteiger partial charge in [-0.2, -0.15) is 9.90 Å². The van der Waals surface area contributed by atoms with Gasteiger partial charge in [0.05, 0.1) is 7.05 Å². The highest BCUT2D eigenvalue weighted by Gasteiger charge is 2.05. The molecule has 0 N–H and O–H groups in total. The molecule has 0 aliphatic heterocycles. The van der Waals surface area contributed by atoms with Crippen molar-refractivity contribution in [3.8, 4) is 0 Å². The molecule has 14 nitrogen and oxygen atoms in total.